The summed E-state index contributed by atoms with van der Waals surface area (Å²) in [4.78, 5) is 40.7. The van der Waals surface area contributed by atoms with E-state index >= 15 is 0 Å². The molecule has 2 amide bonds. The Hall–Kier alpha value is -2.71. The van der Waals surface area contributed by atoms with E-state index in [1.807, 2.05) is 4.90 Å². The van der Waals surface area contributed by atoms with Crippen molar-refractivity contribution in [1.29, 1.82) is 0 Å². The number of nitrogens with zero attached hydrogens (tertiary/aromatic N) is 1. The van der Waals surface area contributed by atoms with Crippen LogP contribution in [0.3, 0.4) is 0 Å². The molecular weight excluding hydrogens is 428 g/mol. The summed E-state index contributed by atoms with van der Waals surface area (Å²) in [6.07, 6.45) is 3.19. The van der Waals surface area contributed by atoms with Gasteiger partial charge in [-0.25, -0.2) is 0 Å². The fourth-order valence-electron chi connectivity index (χ4n) is 4.04. The normalized spacial score (nSPS) is 16.8. The van der Waals surface area contributed by atoms with Crippen LogP contribution in [0.15, 0.2) is 24.3 Å². The lowest BCUT2D eigenvalue weighted by molar-refractivity contribution is -0.122. The molecule has 0 radical (unpaired) electrons. The molecule has 4 rings (SSSR count). The second kappa shape index (κ2) is 9.83. The van der Waals surface area contributed by atoms with E-state index < -0.39 is 6.10 Å². The number of nitrogens with one attached hydrogen (secondary N) is 1. The largest absolute Gasteiger partial charge is 0.481 e. The van der Waals surface area contributed by atoms with E-state index in [0.29, 0.717) is 48.2 Å². The topological polar surface area (TPSA) is 84.9 Å². The Bertz CT molecular complexity index is 1010. The number of Topliss-reactive ketones (excluding diaryl/α,β-unsaturated/α-hetero) is 1. The quantitative estimate of drug-likeness (QED) is 0.670. The number of hydrogen-bond acceptors (Lipinski definition) is 6. The van der Waals surface area contributed by atoms with E-state index in [2.05, 4.69) is 5.32 Å². The van der Waals surface area contributed by atoms with Crippen LogP contribution in [-0.2, 0) is 22.4 Å². The number of ether oxygens (including phenoxy) is 2. The van der Waals surface area contributed by atoms with Gasteiger partial charge in [0.15, 0.2) is 11.9 Å². The first-order valence-electron chi connectivity index (χ1n) is 11.0. The molecule has 1 fully saturated rings. The Morgan fingerprint density at radius 3 is 2.47 bits per heavy atom. The Balaban J connectivity index is 1.51. The minimum absolute atomic E-state index is 0.0264. The van der Waals surface area contributed by atoms with Crippen LogP contribution in [0.5, 0.6) is 5.75 Å². The molecule has 8 heteroatoms. The smallest absolute Gasteiger partial charge is 0.265 e. The first-order valence-corrected chi connectivity index (χ1v) is 11.9. The first kappa shape index (κ1) is 22.5. The summed E-state index contributed by atoms with van der Waals surface area (Å²) < 4.78 is 11.2. The lowest BCUT2D eigenvalue weighted by Crippen LogP contribution is -2.41. The predicted molar refractivity (Wildman–Crippen MR) is 123 cm³/mol. The van der Waals surface area contributed by atoms with Gasteiger partial charge >= 0.3 is 0 Å². The Labute approximate surface area is 191 Å². The number of aryl methyl sites for hydroxylation is 1. The molecule has 2 aliphatic rings. The van der Waals surface area contributed by atoms with E-state index in [1.54, 1.807) is 31.2 Å². The number of thiophene rings is 1. The summed E-state index contributed by atoms with van der Waals surface area (Å²) in [6, 6.07) is 6.71. The minimum Gasteiger partial charge on any atom is -0.481 e. The summed E-state index contributed by atoms with van der Waals surface area (Å²) >= 11 is 1.51. The van der Waals surface area contributed by atoms with Crippen LogP contribution >= 0.6 is 11.3 Å². The molecule has 2 aromatic rings. The van der Waals surface area contributed by atoms with Crippen molar-refractivity contribution in [3.63, 3.8) is 0 Å². The molecule has 1 aromatic heterocycles. The van der Waals surface area contributed by atoms with Crippen LogP contribution in [0, 0.1) is 0 Å². The molecule has 1 N–H and O–H groups in total. The summed E-state index contributed by atoms with van der Waals surface area (Å²) in [5.74, 6) is 0.140. The van der Waals surface area contributed by atoms with Crippen LogP contribution < -0.4 is 10.1 Å². The van der Waals surface area contributed by atoms with Crippen LogP contribution in [0.1, 0.15) is 57.8 Å². The lowest BCUT2D eigenvalue weighted by atomic mass is 9.95. The van der Waals surface area contributed by atoms with E-state index in [9.17, 15) is 14.4 Å². The molecule has 0 saturated carbocycles. The van der Waals surface area contributed by atoms with Gasteiger partial charge in [-0.2, -0.15) is 0 Å². The molecule has 0 bridgehead atoms. The summed E-state index contributed by atoms with van der Waals surface area (Å²) in [7, 11) is 0. The number of carbonyl (C=O) groups is 3. The van der Waals surface area contributed by atoms with Crippen LogP contribution in [0.2, 0.25) is 0 Å². The zero-order chi connectivity index (χ0) is 22.7. The molecule has 1 saturated heterocycles. The number of amides is 2. The van der Waals surface area contributed by atoms with Crippen molar-refractivity contribution in [1.82, 2.24) is 4.90 Å². The van der Waals surface area contributed by atoms with Gasteiger partial charge in [0.25, 0.3) is 11.8 Å². The number of benzene rings is 1. The Morgan fingerprint density at radius 1 is 1.09 bits per heavy atom. The van der Waals surface area contributed by atoms with E-state index in [0.717, 1.165) is 31.2 Å². The monoisotopic (exact) mass is 456 g/mol. The Morgan fingerprint density at radius 2 is 1.78 bits per heavy atom. The second-order valence-electron chi connectivity index (χ2n) is 8.15. The molecule has 1 atom stereocenters. The molecule has 1 aliphatic heterocycles. The molecule has 1 aromatic carbocycles. The van der Waals surface area contributed by atoms with Gasteiger partial charge in [-0.15, -0.1) is 11.3 Å². The molecule has 0 spiro atoms. The highest BCUT2D eigenvalue weighted by Gasteiger charge is 2.30. The molecular formula is C24H28N2O5S. The standard InChI is InChI=1S/C24H28N2O5S/c1-15(27)17-7-9-18(10-8-17)31-16(2)22(28)25-23-21(19-5-3-4-6-20(19)32-23)24(29)26-11-13-30-14-12-26/h7-10,16H,3-6,11-14H2,1-2H3,(H,25,28)/t16-/m1/s1. The molecule has 2 heterocycles. The number of carbonyl (C=O) groups excluding carboxylic acids is 3. The predicted octanol–water partition coefficient (Wildman–Crippen LogP) is 3.71. The maximum Gasteiger partial charge on any atom is 0.265 e. The third kappa shape index (κ3) is 4.86. The van der Waals surface area contributed by atoms with Crippen LogP contribution in [0.25, 0.3) is 0 Å². The number of hydrogen-bond donors (Lipinski definition) is 1. The lowest BCUT2D eigenvalue weighted by Gasteiger charge is -2.28. The van der Waals surface area contributed by atoms with Crippen LogP contribution in [0.4, 0.5) is 5.00 Å². The van der Waals surface area contributed by atoms with Gasteiger partial charge in [-0.1, -0.05) is 0 Å². The van der Waals surface area contributed by atoms with Crippen molar-refractivity contribution in [3.05, 3.63) is 45.8 Å². The van der Waals surface area contributed by atoms with Gasteiger partial charge in [-0.3, -0.25) is 14.4 Å². The molecule has 0 unspecified atom stereocenters. The van der Waals surface area contributed by atoms with Gasteiger partial charge in [0.2, 0.25) is 0 Å². The molecule has 1 aliphatic carbocycles. The van der Waals surface area contributed by atoms with Gasteiger partial charge in [0.1, 0.15) is 10.8 Å². The third-order valence-electron chi connectivity index (χ3n) is 5.86. The van der Waals surface area contributed by atoms with Crippen molar-refractivity contribution < 1.29 is 23.9 Å². The second-order valence-corrected chi connectivity index (χ2v) is 9.25. The number of anilines is 1. The van der Waals surface area contributed by atoms with E-state index in [4.69, 9.17) is 9.47 Å². The van der Waals surface area contributed by atoms with Gasteiger partial charge in [0.05, 0.1) is 18.8 Å². The fraction of sp³-hybridized carbons (Fsp3) is 0.458. The highest BCUT2D eigenvalue weighted by atomic mass is 32.1. The average Bonchev–Trinajstić information content (AvgIpc) is 3.17. The van der Waals surface area contributed by atoms with Crippen molar-refractivity contribution >= 4 is 33.9 Å². The first-order chi connectivity index (χ1) is 15.4. The van der Waals surface area contributed by atoms with Crippen molar-refractivity contribution in [2.45, 2.75) is 45.6 Å². The summed E-state index contributed by atoms with van der Waals surface area (Å²) in [6.45, 7) is 5.37. The number of fused-ring (bicyclic) bond motifs is 1. The summed E-state index contributed by atoms with van der Waals surface area (Å²) in [5.41, 5.74) is 2.31. The van der Waals surface area contributed by atoms with Crippen molar-refractivity contribution in [3.8, 4) is 5.75 Å². The molecule has 32 heavy (non-hydrogen) atoms. The average molecular weight is 457 g/mol. The van der Waals surface area contributed by atoms with Crippen molar-refractivity contribution in [2.24, 2.45) is 0 Å². The fourth-order valence-corrected chi connectivity index (χ4v) is 5.33. The number of rotatable bonds is 6. The summed E-state index contributed by atoms with van der Waals surface area (Å²) in [5, 5.41) is 3.57. The van der Waals surface area contributed by atoms with Gasteiger partial charge < -0.3 is 19.7 Å². The highest BCUT2D eigenvalue weighted by Crippen LogP contribution is 2.39. The number of ketones is 1. The zero-order valence-electron chi connectivity index (χ0n) is 18.4. The number of morpholine rings is 1. The van der Waals surface area contributed by atoms with E-state index in [-0.39, 0.29) is 17.6 Å². The maximum atomic E-state index is 13.3. The zero-order valence-corrected chi connectivity index (χ0v) is 19.3. The van der Waals surface area contributed by atoms with Gasteiger partial charge in [0, 0.05) is 23.5 Å². The van der Waals surface area contributed by atoms with Gasteiger partial charge in [-0.05, 0) is 69.4 Å². The molecule has 170 valence electrons. The van der Waals surface area contributed by atoms with E-state index in [1.165, 1.54) is 23.1 Å². The highest BCUT2D eigenvalue weighted by molar-refractivity contribution is 7.17. The van der Waals surface area contributed by atoms with Crippen LogP contribution in [-0.4, -0.2) is 54.9 Å². The Kier molecular flexibility index (Phi) is 6.91. The third-order valence-corrected chi connectivity index (χ3v) is 7.07. The minimum atomic E-state index is -0.761. The maximum absolute atomic E-state index is 13.3. The van der Waals surface area contributed by atoms with Crippen molar-refractivity contribution in [2.75, 3.05) is 31.6 Å². The SMILES string of the molecule is CC(=O)c1ccc(O[C@H](C)C(=O)Nc2sc3c(c2C(=O)N2CCOCC2)CCCC3)cc1. The molecule has 7 nitrogen and oxygen atoms in total.